The van der Waals surface area contributed by atoms with E-state index in [1.807, 2.05) is 0 Å². The van der Waals surface area contributed by atoms with Crippen molar-refractivity contribution in [3.8, 4) is 0 Å². The molecule has 2 rings (SSSR count). The van der Waals surface area contributed by atoms with Crippen LogP contribution in [0.25, 0.3) is 0 Å². The Kier molecular flexibility index (Phi) is 16.3. The SMILES string of the molecule is CCCCCCCCCCCCCCCCCCC(CC(=O)NC1=NN(c2ccccc2)C(=O)C1(Cl)Cl)C(=O)O. The average Bonchev–Trinajstić information content (AvgIpc) is 3.15. The third-order valence-electron chi connectivity index (χ3n) is 7.40. The fourth-order valence-electron chi connectivity index (χ4n) is 4.95. The number of hydrogen-bond acceptors (Lipinski definition) is 4. The topological polar surface area (TPSA) is 99.1 Å². The van der Waals surface area contributed by atoms with Crippen LogP contribution < -0.4 is 10.3 Å². The van der Waals surface area contributed by atoms with Crippen molar-refractivity contribution in [2.75, 3.05) is 5.01 Å². The highest BCUT2D eigenvalue weighted by Crippen LogP contribution is 2.33. The first-order valence-corrected chi connectivity index (χ1v) is 15.9. The zero-order valence-electron chi connectivity index (χ0n) is 24.0. The molecule has 0 bridgehead atoms. The van der Waals surface area contributed by atoms with Crippen LogP contribution in [0.3, 0.4) is 0 Å². The first-order valence-electron chi connectivity index (χ1n) is 15.2. The van der Waals surface area contributed by atoms with E-state index in [1.165, 1.54) is 77.0 Å². The van der Waals surface area contributed by atoms with Crippen LogP contribution in [0.4, 0.5) is 5.69 Å². The summed E-state index contributed by atoms with van der Waals surface area (Å²) in [7, 11) is 0. The van der Waals surface area contributed by atoms with E-state index in [-0.39, 0.29) is 12.3 Å². The molecule has 1 aromatic rings. The van der Waals surface area contributed by atoms with Crippen molar-refractivity contribution in [2.45, 2.75) is 127 Å². The number of carbonyl (C=O) groups is 3. The molecule has 40 heavy (non-hydrogen) atoms. The van der Waals surface area contributed by atoms with Gasteiger partial charge in [0.25, 0.3) is 10.2 Å². The van der Waals surface area contributed by atoms with E-state index in [1.54, 1.807) is 30.3 Å². The molecule has 1 heterocycles. The van der Waals surface area contributed by atoms with Crippen molar-refractivity contribution in [3.05, 3.63) is 30.3 Å². The fraction of sp³-hybridized carbons (Fsp3) is 0.677. The molecule has 7 nitrogen and oxygen atoms in total. The Morgan fingerprint density at radius 2 is 1.32 bits per heavy atom. The standard InChI is InChI=1S/C31H47Cl2N3O4/c1-2-3-4-5-6-7-8-9-10-11-12-13-14-15-16-18-21-25(28(38)39)24-27(37)34-29-31(32,33)30(40)36(35-29)26-22-19-17-20-23-26/h17,19-20,22-23,25H,2-16,18,21,24H2,1H3,(H,38,39)(H,34,35,37). The smallest absolute Gasteiger partial charge is 0.307 e. The van der Waals surface area contributed by atoms with Crippen molar-refractivity contribution in [2.24, 2.45) is 11.0 Å². The van der Waals surface area contributed by atoms with Crippen molar-refractivity contribution < 1.29 is 19.5 Å². The van der Waals surface area contributed by atoms with E-state index < -0.39 is 28.0 Å². The minimum absolute atomic E-state index is 0.221. The first-order chi connectivity index (χ1) is 19.3. The maximum atomic E-state index is 12.6. The number of nitrogens with one attached hydrogen (secondary N) is 1. The normalized spacial score (nSPS) is 15.2. The quantitative estimate of drug-likeness (QED) is 0.110. The number of hydrazone groups is 1. The molecular weight excluding hydrogens is 549 g/mol. The van der Waals surface area contributed by atoms with E-state index in [4.69, 9.17) is 23.2 Å². The highest BCUT2D eigenvalue weighted by molar-refractivity contribution is 6.70. The summed E-state index contributed by atoms with van der Waals surface area (Å²) in [4.78, 5) is 37.0. The minimum atomic E-state index is -2.06. The van der Waals surface area contributed by atoms with E-state index in [0.29, 0.717) is 12.1 Å². The summed E-state index contributed by atoms with van der Waals surface area (Å²) >= 11 is 12.4. The lowest BCUT2D eigenvalue weighted by Crippen LogP contribution is -2.45. The minimum Gasteiger partial charge on any atom is -0.481 e. The molecule has 2 N–H and O–H groups in total. The number of unbranched alkanes of at least 4 members (excludes halogenated alkanes) is 15. The number of carboxylic acids is 1. The zero-order valence-corrected chi connectivity index (χ0v) is 25.5. The molecule has 0 spiro atoms. The van der Waals surface area contributed by atoms with Gasteiger partial charge in [0.2, 0.25) is 5.91 Å². The van der Waals surface area contributed by atoms with Gasteiger partial charge >= 0.3 is 5.97 Å². The molecule has 0 aromatic heterocycles. The van der Waals surface area contributed by atoms with Crippen LogP contribution in [-0.4, -0.2) is 33.1 Å². The second-order valence-corrected chi connectivity index (χ2v) is 12.2. The van der Waals surface area contributed by atoms with Gasteiger partial charge in [-0.3, -0.25) is 14.4 Å². The van der Waals surface area contributed by atoms with Gasteiger partial charge in [0.05, 0.1) is 11.6 Å². The summed E-state index contributed by atoms with van der Waals surface area (Å²) in [6, 6.07) is 8.57. The molecule has 0 aliphatic carbocycles. The van der Waals surface area contributed by atoms with E-state index in [9.17, 15) is 19.5 Å². The lowest BCUT2D eigenvalue weighted by Gasteiger charge is -2.16. The Morgan fingerprint density at radius 1 is 0.850 bits per heavy atom. The number of amidine groups is 1. The number of aliphatic carboxylic acids is 1. The number of hydrogen-bond donors (Lipinski definition) is 2. The lowest BCUT2D eigenvalue weighted by molar-refractivity contribution is -0.144. The molecule has 1 aliphatic rings. The van der Waals surface area contributed by atoms with Gasteiger partial charge in [-0.05, 0) is 18.6 Å². The number of alkyl halides is 2. The van der Waals surface area contributed by atoms with Crippen LogP contribution in [-0.2, 0) is 14.4 Å². The lowest BCUT2D eigenvalue weighted by atomic mass is 9.96. The van der Waals surface area contributed by atoms with Gasteiger partial charge < -0.3 is 10.4 Å². The monoisotopic (exact) mass is 595 g/mol. The summed E-state index contributed by atoms with van der Waals surface area (Å²) in [6.45, 7) is 2.26. The van der Waals surface area contributed by atoms with Crippen LogP contribution in [0.15, 0.2) is 35.4 Å². The number of benzene rings is 1. The van der Waals surface area contributed by atoms with Gasteiger partial charge in [-0.25, -0.2) is 0 Å². The molecule has 224 valence electrons. The third kappa shape index (κ3) is 12.2. The van der Waals surface area contributed by atoms with Crippen molar-refractivity contribution in [1.82, 2.24) is 5.32 Å². The van der Waals surface area contributed by atoms with E-state index in [0.717, 1.165) is 30.7 Å². The molecule has 0 fully saturated rings. The Hall–Kier alpha value is -2.12. The molecule has 9 heteroatoms. The molecule has 0 radical (unpaired) electrons. The summed E-state index contributed by atoms with van der Waals surface area (Å²) in [5.41, 5.74) is 0.453. The Balaban J connectivity index is 1.59. The van der Waals surface area contributed by atoms with Gasteiger partial charge in [0.1, 0.15) is 0 Å². The van der Waals surface area contributed by atoms with Gasteiger partial charge in [-0.1, -0.05) is 151 Å². The molecule has 0 saturated heterocycles. The summed E-state index contributed by atoms with van der Waals surface area (Å²) in [6.07, 6.45) is 20.2. The molecule has 0 saturated carbocycles. The van der Waals surface area contributed by atoms with Gasteiger partial charge in [-0.15, -0.1) is 5.10 Å². The van der Waals surface area contributed by atoms with Crippen LogP contribution in [0.1, 0.15) is 122 Å². The molecule has 2 amide bonds. The van der Waals surface area contributed by atoms with Crippen LogP contribution >= 0.6 is 23.2 Å². The summed E-state index contributed by atoms with van der Waals surface area (Å²) < 4.78 is -2.06. The van der Waals surface area contributed by atoms with E-state index in [2.05, 4.69) is 17.3 Å². The summed E-state index contributed by atoms with van der Waals surface area (Å²) in [5, 5.41) is 17.2. The number of carboxylic acid groups (broad SMARTS) is 1. The number of rotatable bonds is 21. The summed E-state index contributed by atoms with van der Waals surface area (Å²) in [5.74, 6) is -3.36. The fourth-order valence-corrected chi connectivity index (χ4v) is 5.28. The highest BCUT2D eigenvalue weighted by atomic mass is 35.5. The van der Waals surface area contributed by atoms with Crippen molar-refractivity contribution >= 4 is 52.5 Å². The van der Waals surface area contributed by atoms with Crippen LogP contribution in [0, 0.1) is 5.92 Å². The third-order valence-corrected chi connectivity index (χ3v) is 8.09. The maximum absolute atomic E-state index is 12.6. The predicted octanol–water partition coefficient (Wildman–Crippen LogP) is 8.38. The largest absolute Gasteiger partial charge is 0.481 e. The maximum Gasteiger partial charge on any atom is 0.307 e. The number of nitrogens with zero attached hydrogens (tertiary/aromatic N) is 2. The number of para-hydroxylation sites is 1. The zero-order chi connectivity index (χ0) is 29.2. The van der Waals surface area contributed by atoms with Crippen LogP contribution in [0.2, 0.25) is 0 Å². The number of carbonyl (C=O) groups excluding carboxylic acids is 2. The number of halogens is 2. The van der Waals surface area contributed by atoms with Crippen LogP contribution in [0.5, 0.6) is 0 Å². The Labute approximate surface area is 250 Å². The van der Waals surface area contributed by atoms with Crippen molar-refractivity contribution in [3.63, 3.8) is 0 Å². The highest BCUT2D eigenvalue weighted by Gasteiger charge is 2.50. The number of anilines is 1. The van der Waals surface area contributed by atoms with E-state index >= 15 is 0 Å². The Morgan fingerprint density at radius 3 is 1.80 bits per heavy atom. The predicted molar refractivity (Wildman–Crippen MR) is 164 cm³/mol. The van der Waals surface area contributed by atoms with Gasteiger partial charge in [-0.2, -0.15) is 5.01 Å². The second kappa shape index (κ2) is 19.1. The molecule has 1 unspecified atom stereocenters. The molecule has 1 atom stereocenters. The molecule has 1 aliphatic heterocycles. The first kappa shape index (κ1) is 34.1. The molecular formula is C31H47Cl2N3O4. The van der Waals surface area contributed by atoms with Gasteiger partial charge in [0.15, 0.2) is 5.84 Å². The Bertz CT molecular complexity index is 940. The van der Waals surface area contributed by atoms with Gasteiger partial charge in [0, 0.05) is 6.42 Å². The average molecular weight is 597 g/mol. The second-order valence-electron chi connectivity index (χ2n) is 10.9. The number of amides is 2. The van der Waals surface area contributed by atoms with Crippen molar-refractivity contribution in [1.29, 1.82) is 0 Å². The molecule has 1 aromatic carbocycles.